The van der Waals surface area contributed by atoms with Gasteiger partial charge < -0.3 is 10.6 Å². The van der Waals surface area contributed by atoms with Gasteiger partial charge in [-0.2, -0.15) is 0 Å². The van der Waals surface area contributed by atoms with Gasteiger partial charge in [0.2, 0.25) is 5.91 Å². The van der Waals surface area contributed by atoms with E-state index in [4.69, 9.17) is 11.6 Å². The normalized spacial score (nSPS) is 10.7. The highest BCUT2D eigenvalue weighted by Gasteiger charge is 2.05. The molecule has 2 aromatic carbocycles. The molecule has 3 nitrogen and oxygen atoms in total. The molecule has 122 valence electrons. The molecular weight excluding hydrogens is 315 g/mol. The first-order valence-electron chi connectivity index (χ1n) is 7.54. The summed E-state index contributed by atoms with van der Waals surface area (Å²) in [6.45, 7) is 4.81. The summed E-state index contributed by atoms with van der Waals surface area (Å²) >= 11 is 5.68. The maximum absolute atomic E-state index is 13.1. The minimum absolute atomic E-state index is 0.00818. The van der Waals surface area contributed by atoms with E-state index in [1.165, 1.54) is 23.8 Å². The van der Waals surface area contributed by atoms with Crippen LogP contribution in [0.3, 0.4) is 0 Å². The van der Waals surface area contributed by atoms with E-state index in [2.05, 4.69) is 36.6 Å². The molecule has 0 aliphatic rings. The highest BCUT2D eigenvalue weighted by Crippen LogP contribution is 2.19. The molecule has 0 fully saturated rings. The van der Waals surface area contributed by atoms with Gasteiger partial charge in [0.15, 0.2) is 0 Å². The van der Waals surface area contributed by atoms with Crippen molar-refractivity contribution in [2.75, 3.05) is 17.2 Å². The Morgan fingerprint density at radius 2 is 1.78 bits per heavy atom. The second kappa shape index (κ2) is 7.97. The van der Waals surface area contributed by atoms with Crippen molar-refractivity contribution in [2.45, 2.75) is 26.2 Å². The number of carbonyl (C=O) groups excluding carboxylic acids is 1. The van der Waals surface area contributed by atoms with Gasteiger partial charge in [0.05, 0.1) is 5.02 Å². The summed E-state index contributed by atoms with van der Waals surface area (Å²) in [6, 6.07) is 12.3. The fourth-order valence-electron chi connectivity index (χ4n) is 2.10. The van der Waals surface area contributed by atoms with Crippen LogP contribution >= 0.6 is 11.6 Å². The van der Waals surface area contributed by atoms with Gasteiger partial charge in [-0.05, 0) is 41.8 Å². The van der Waals surface area contributed by atoms with Crippen LogP contribution < -0.4 is 10.6 Å². The topological polar surface area (TPSA) is 41.1 Å². The van der Waals surface area contributed by atoms with E-state index in [1.54, 1.807) is 0 Å². The summed E-state index contributed by atoms with van der Waals surface area (Å²) in [5.74, 6) is -0.160. The van der Waals surface area contributed by atoms with E-state index in [9.17, 15) is 9.18 Å². The Labute approximate surface area is 140 Å². The molecule has 0 aromatic heterocycles. The molecule has 0 bridgehead atoms. The zero-order chi connectivity index (χ0) is 16.8. The van der Waals surface area contributed by atoms with Crippen LogP contribution in [0.15, 0.2) is 42.5 Å². The standard InChI is InChI=1S/C18H20ClFN2O/c1-12(2)13-3-5-14(6-4-13)21-10-9-18(23)22-15-7-8-17(20)16(19)11-15/h3-8,11-12,21H,9-10H2,1-2H3,(H,22,23). The summed E-state index contributed by atoms with van der Waals surface area (Å²) in [6.07, 6.45) is 0.306. The monoisotopic (exact) mass is 334 g/mol. The SMILES string of the molecule is CC(C)c1ccc(NCCC(=O)Nc2ccc(F)c(Cl)c2)cc1. The molecule has 0 spiro atoms. The van der Waals surface area contributed by atoms with Gasteiger partial charge in [-0.15, -0.1) is 0 Å². The Hall–Kier alpha value is -2.07. The van der Waals surface area contributed by atoms with E-state index in [0.717, 1.165) is 5.69 Å². The molecule has 0 saturated carbocycles. The summed E-state index contributed by atoms with van der Waals surface area (Å²) in [5, 5.41) is 5.88. The maximum Gasteiger partial charge on any atom is 0.226 e. The summed E-state index contributed by atoms with van der Waals surface area (Å²) in [4.78, 5) is 11.9. The molecule has 0 radical (unpaired) electrons. The first-order valence-corrected chi connectivity index (χ1v) is 7.92. The van der Waals surface area contributed by atoms with Crippen LogP contribution in [0.5, 0.6) is 0 Å². The molecule has 0 saturated heterocycles. The van der Waals surface area contributed by atoms with Crippen LogP contribution in [0, 0.1) is 5.82 Å². The number of carbonyl (C=O) groups is 1. The lowest BCUT2D eigenvalue weighted by atomic mass is 10.0. The molecule has 0 aliphatic carbocycles. The number of nitrogens with one attached hydrogen (secondary N) is 2. The number of hydrogen-bond donors (Lipinski definition) is 2. The van der Waals surface area contributed by atoms with Gasteiger partial charge in [0.25, 0.3) is 0 Å². The highest BCUT2D eigenvalue weighted by molar-refractivity contribution is 6.31. The first kappa shape index (κ1) is 17.3. The number of hydrogen-bond acceptors (Lipinski definition) is 2. The van der Waals surface area contributed by atoms with Gasteiger partial charge in [0, 0.05) is 24.3 Å². The third-order valence-corrected chi connectivity index (χ3v) is 3.75. The molecule has 0 unspecified atom stereocenters. The molecule has 0 aliphatic heterocycles. The van der Waals surface area contributed by atoms with Gasteiger partial charge in [-0.1, -0.05) is 37.6 Å². The van der Waals surface area contributed by atoms with Gasteiger partial charge >= 0.3 is 0 Å². The fraction of sp³-hybridized carbons (Fsp3) is 0.278. The Morgan fingerprint density at radius 1 is 1.13 bits per heavy atom. The Balaban J connectivity index is 1.79. The first-order chi connectivity index (χ1) is 11.0. The van der Waals surface area contributed by atoms with E-state index >= 15 is 0 Å². The number of anilines is 2. The fourth-order valence-corrected chi connectivity index (χ4v) is 2.28. The van der Waals surface area contributed by atoms with Crippen LogP contribution in [0.2, 0.25) is 5.02 Å². The lowest BCUT2D eigenvalue weighted by Crippen LogP contribution is -2.16. The van der Waals surface area contributed by atoms with Crippen molar-refractivity contribution in [1.29, 1.82) is 0 Å². The van der Waals surface area contributed by atoms with E-state index in [1.807, 2.05) is 12.1 Å². The van der Waals surface area contributed by atoms with E-state index in [0.29, 0.717) is 24.6 Å². The Bertz CT molecular complexity index is 671. The van der Waals surface area contributed by atoms with Crippen LogP contribution in [0.25, 0.3) is 0 Å². The second-order valence-electron chi connectivity index (χ2n) is 5.63. The molecule has 0 atom stereocenters. The molecule has 2 aromatic rings. The molecule has 0 heterocycles. The zero-order valence-corrected chi connectivity index (χ0v) is 14.0. The van der Waals surface area contributed by atoms with Crippen molar-refractivity contribution in [3.63, 3.8) is 0 Å². The van der Waals surface area contributed by atoms with Crippen molar-refractivity contribution >= 4 is 28.9 Å². The smallest absolute Gasteiger partial charge is 0.226 e. The van der Waals surface area contributed by atoms with Crippen LogP contribution in [0.4, 0.5) is 15.8 Å². The zero-order valence-electron chi connectivity index (χ0n) is 13.2. The van der Waals surface area contributed by atoms with Crippen LogP contribution in [0.1, 0.15) is 31.7 Å². The van der Waals surface area contributed by atoms with Crippen LogP contribution in [-0.2, 0) is 4.79 Å². The maximum atomic E-state index is 13.1. The lowest BCUT2D eigenvalue weighted by molar-refractivity contribution is -0.115. The van der Waals surface area contributed by atoms with E-state index < -0.39 is 5.82 Å². The van der Waals surface area contributed by atoms with Crippen molar-refractivity contribution in [3.8, 4) is 0 Å². The number of amides is 1. The highest BCUT2D eigenvalue weighted by atomic mass is 35.5. The van der Waals surface area contributed by atoms with Crippen molar-refractivity contribution in [2.24, 2.45) is 0 Å². The second-order valence-corrected chi connectivity index (χ2v) is 6.04. The number of rotatable bonds is 6. The van der Waals surface area contributed by atoms with Crippen molar-refractivity contribution in [1.82, 2.24) is 0 Å². The molecular formula is C18H20ClFN2O. The largest absolute Gasteiger partial charge is 0.385 e. The van der Waals surface area contributed by atoms with Gasteiger partial charge in [-0.3, -0.25) is 4.79 Å². The van der Waals surface area contributed by atoms with Gasteiger partial charge in [0.1, 0.15) is 5.82 Å². The Morgan fingerprint density at radius 3 is 2.39 bits per heavy atom. The summed E-state index contributed by atoms with van der Waals surface area (Å²) in [7, 11) is 0. The van der Waals surface area contributed by atoms with Crippen molar-refractivity contribution < 1.29 is 9.18 Å². The molecule has 1 amide bonds. The molecule has 2 N–H and O–H groups in total. The van der Waals surface area contributed by atoms with Crippen molar-refractivity contribution in [3.05, 3.63) is 58.9 Å². The minimum atomic E-state index is -0.504. The predicted molar refractivity (Wildman–Crippen MR) is 93.7 cm³/mol. The average Bonchev–Trinajstić information content (AvgIpc) is 2.51. The lowest BCUT2D eigenvalue weighted by Gasteiger charge is -2.10. The Kier molecular flexibility index (Phi) is 5.99. The number of halogens is 2. The molecule has 23 heavy (non-hydrogen) atoms. The number of benzene rings is 2. The van der Waals surface area contributed by atoms with E-state index in [-0.39, 0.29) is 10.9 Å². The van der Waals surface area contributed by atoms with Gasteiger partial charge in [-0.25, -0.2) is 4.39 Å². The minimum Gasteiger partial charge on any atom is -0.385 e. The average molecular weight is 335 g/mol. The summed E-state index contributed by atoms with van der Waals surface area (Å²) in [5.41, 5.74) is 2.75. The molecule has 5 heteroatoms. The summed E-state index contributed by atoms with van der Waals surface area (Å²) < 4.78 is 13.1. The van der Waals surface area contributed by atoms with Crippen LogP contribution in [-0.4, -0.2) is 12.5 Å². The third kappa shape index (κ3) is 5.25. The quantitative estimate of drug-likeness (QED) is 0.776. The predicted octanol–water partition coefficient (Wildman–Crippen LogP) is 5.04. The molecule has 2 rings (SSSR count). The third-order valence-electron chi connectivity index (χ3n) is 3.46.